The highest BCUT2D eigenvalue weighted by Gasteiger charge is 2.19. The van der Waals surface area contributed by atoms with Gasteiger partial charge < -0.3 is 14.6 Å². The van der Waals surface area contributed by atoms with Crippen molar-refractivity contribution in [3.63, 3.8) is 0 Å². The molecule has 0 saturated carbocycles. The van der Waals surface area contributed by atoms with Crippen molar-refractivity contribution in [1.82, 2.24) is 14.9 Å². The molecule has 3 aromatic carbocycles. The van der Waals surface area contributed by atoms with E-state index < -0.39 is 0 Å². The second kappa shape index (κ2) is 9.35. The van der Waals surface area contributed by atoms with E-state index in [1.54, 1.807) is 12.1 Å². The Bertz CT molecular complexity index is 1220. The maximum atomic E-state index is 12.7. The lowest BCUT2D eigenvalue weighted by molar-refractivity contribution is 0.0937. The number of aromatic nitrogens is 2. The Hall–Kier alpha value is -3.12. The first-order valence-electron chi connectivity index (χ1n) is 10.2. The van der Waals surface area contributed by atoms with Crippen LogP contribution in [-0.2, 0) is 6.54 Å². The molecule has 4 rings (SSSR count). The van der Waals surface area contributed by atoms with E-state index in [-0.39, 0.29) is 11.9 Å². The molecular formula is C25H24BrN3O2. The number of carbonyl (C=O) groups excluding carboxylic acids is 1. The number of halogens is 1. The third kappa shape index (κ3) is 4.97. The van der Waals surface area contributed by atoms with E-state index in [1.807, 2.05) is 74.5 Å². The number of para-hydroxylation sites is 2. The number of ether oxygens (including phenoxy) is 1. The fourth-order valence-corrected chi connectivity index (χ4v) is 3.99. The number of imidazole rings is 1. The predicted molar refractivity (Wildman–Crippen MR) is 126 cm³/mol. The first-order chi connectivity index (χ1) is 15.0. The monoisotopic (exact) mass is 477 g/mol. The van der Waals surface area contributed by atoms with E-state index in [9.17, 15) is 4.79 Å². The molecule has 1 amide bonds. The van der Waals surface area contributed by atoms with E-state index in [4.69, 9.17) is 9.72 Å². The molecule has 1 heterocycles. The van der Waals surface area contributed by atoms with Crippen LogP contribution >= 0.6 is 15.9 Å². The normalized spacial score (nSPS) is 12.0. The van der Waals surface area contributed by atoms with Gasteiger partial charge in [0, 0.05) is 10.0 Å². The van der Waals surface area contributed by atoms with Gasteiger partial charge in [0.05, 0.1) is 23.6 Å². The molecule has 1 N–H and O–H groups in total. The minimum atomic E-state index is -0.266. The SMILES string of the molecule is Cc1cccc(OCCn2c(C(C)NC(=O)c3cccc(Br)c3)nc3ccccc32)c1. The number of nitrogens with one attached hydrogen (secondary N) is 1. The number of benzene rings is 3. The maximum absolute atomic E-state index is 12.7. The second-order valence-corrected chi connectivity index (χ2v) is 8.40. The lowest BCUT2D eigenvalue weighted by atomic mass is 10.2. The van der Waals surface area contributed by atoms with E-state index in [2.05, 4.69) is 25.8 Å². The van der Waals surface area contributed by atoms with E-state index >= 15 is 0 Å². The average Bonchev–Trinajstić information content (AvgIpc) is 3.13. The van der Waals surface area contributed by atoms with Crippen LogP contribution < -0.4 is 10.1 Å². The highest BCUT2D eigenvalue weighted by atomic mass is 79.9. The molecule has 0 fully saturated rings. The molecule has 6 heteroatoms. The quantitative estimate of drug-likeness (QED) is 0.372. The van der Waals surface area contributed by atoms with Gasteiger partial charge in [-0.3, -0.25) is 4.79 Å². The van der Waals surface area contributed by atoms with Crippen molar-refractivity contribution in [1.29, 1.82) is 0 Å². The van der Waals surface area contributed by atoms with E-state index in [0.29, 0.717) is 18.7 Å². The summed E-state index contributed by atoms with van der Waals surface area (Å²) in [5.41, 5.74) is 3.69. The third-order valence-electron chi connectivity index (χ3n) is 5.08. The third-order valence-corrected chi connectivity index (χ3v) is 5.57. The van der Waals surface area contributed by atoms with E-state index in [1.165, 1.54) is 0 Å². The number of nitrogens with zero attached hydrogens (tertiary/aromatic N) is 2. The lowest BCUT2D eigenvalue weighted by Gasteiger charge is -2.17. The van der Waals surface area contributed by atoms with Gasteiger partial charge in [-0.1, -0.05) is 46.3 Å². The highest BCUT2D eigenvalue weighted by molar-refractivity contribution is 9.10. The molecule has 5 nitrogen and oxygen atoms in total. The molecule has 31 heavy (non-hydrogen) atoms. The summed E-state index contributed by atoms with van der Waals surface area (Å²) in [4.78, 5) is 17.5. The van der Waals surface area contributed by atoms with Crippen molar-refractivity contribution >= 4 is 32.9 Å². The van der Waals surface area contributed by atoms with E-state index in [0.717, 1.165) is 32.6 Å². The fourth-order valence-electron chi connectivity index (χ4n) is 3.59. The van der Waals surface area contributed by atoms with Gasteiger partial charge >= 0.3 is 0 Å². The van der Waals surface area contributed by atoms with Gasteiger partial charge in [0.1, 0.15) is 18.2 Å². The van der Waals surface area contributed by atoms with Crippen LogP contribution in [0.2, 0.25) is 0 Å². The van der Waals surface area contributed by atoms with Gasteiger partial charge in [-0.15, -0.1) is 0 Å². The maximum Gasteiger partial charge on any atom is 0.251 e. The number of amides is 1. The molecule has 1 aromatic heterocycles. The molecule has 4 aromatic rings. The van der Waals surface area contributed by atoms with Crippen LogP contribution in [-0.4, -0.2) is 22.1 Å². The number of hydrogen-bond donors (Lipinski definition) is 1. The number of hydrogen-bond acceptors (Lipinski definition) is 3. The largest absolute Gasteiger partial charge is 0.492 e. The summed E-state index contributed by atoms with van der Waals surface area (Å²) in [5, 5.41) is 3.07. The van der Waals surface area contributed by atoms with Crippen molar-refractivity contribution < 1.29 is 9.53 Å². The zero-order valence-electron chi connectivity index (χ0n) is 17.5. The van der Waals surface area contributed by atoms with Gasteiger partial charge in [-0.25, -0.2) is 4.98 Å². The molecule has 158 valence electrons. The number of rotatable bonds is 7. The van der Waals surface area contributed by atoms with Crippen molar-refractivity contribution in [3.8, 4) is 5.75 Å². The summed E-state index contributed by atoms with van der Waals surface area (Å²) in [6, 6.07) is 23.1. The van der Waals surface area contributed by atoms with Crippen LogP contribution in [0.15, 0.2) is 77.3 Å². The standard InChI is InChI=1S/C25H24BrN3O2/c1-17-7-5-10-21(15-17)31-14-13-29-23-12-4-3-11-22(23)28-24(29)18(2)27-25(30)19-8-6-9-20(26)16-19/h3-12,15-16,18H,13-14H2,1-2H3,(H,27,30). The predicted octanol–water partition coefficient (Wildman–Crippen LogP) is 5.68. The highest BCUT2D eigenvalue weighted by Crippen LogP contribution is 2.22. The van der Waals surface area contributed by atoms with Gasteiger partial charge in [-0.2, -0.15) is 0 Å². The first kappa shape index (κ1) is 21.1. The Labute approximate surface area is 190 Å². The van der Waals surface area contributed by atoms with Crippen LogP contribution in [0.3, 0.4) is 0 Å². The van der Waals surface area contributed by atoms with Crippen LogP contribution in [0, 0.1) is 6.92 Å². The van der Waals surface area contributed by atoms with Crippen LogP contribution in [0.1, 0.15) is 34.7 Å². The van der Waals surface area contributed by atoms with Gasteiger partial charge in [0.2, 0.25) is 0 Å². The van der Waals surface area contributed by atoms with Crippen molar-refractivity contribution in [2.45, 2.75) is 26.4 Å². The summed E-state index contributed by atoms with van der Waals surface area (Å²) < 4.78 is 8.96. The molecular weight excluding hydrogens is 454 g/mol. The topological polar surface area (TPSA) is 56.1 Å². The Morgan fingerprint density at radius 1 is 1.10 bits per heavy atom. The Kier molecular flexibility index (Phi) is 6.37. The Morgan fingerprint density at radius 3 is 2.71 bits per heavy atom. The van der Waals surface area contributed by atoms with Crippen LogP contribution in [0.4, 0.5) is 0 Å². The zero-order chi connectivity index (χ0) is 21.8. The summed E-state index contributed by atoms with van der Waals surface area (Å²) in [6.07, 6.45) is 0. The van der Waals surface area contributed by atoms with Crippen molar-refractivity contribution in [2.24, 2.45) is 0 Å². The summed E-state index contributed by atoms with van der Waals surface area (Å²) in [7, 11) is 0. The van der Waals surface area contributed by atoms with Crippen LogP contribution in [0.25, 0.3) is 11.0 Å². The molecule has 0 spiro atoms. The average molecular weight is 478 g/mol. The molecule has 0 aliphatic rings. The van der Waals surface area contributed by atoms with Gasteiger partial charge in [-0.05, 0) is 61.9 Å². The number of aryl methyl sites for hydroxylation is 1. The molecule has 0 bridgehead atoms. The molecule has 1 atom stereocenters. The molecule has 0 aliphatic heterocycles. The molecule has 0 saturated heterocycles. The van der Waals surface area contributed by atoms with Gasteiger partial charge in [0.25, 0.3) is 5.91 Å². The van der Waals surface area contributed by atoms with Crippen molar-refractivity contribution in [2.75, 3.05) is 6.61 Å². The van der Waals surface area contributed by atoms with Crippen molar-refractivity contribution in [3.05, 3.63) is 94.2 Å². The first-order valence-corrected chi connectivity index (χ1v) is 11.0. The Balaban J connectivity index is 1.54. The van der Waals surface area contributed by atoms with Crippen LogP contribution in [0.5, 0.6) is 5.75 Å². The minimum absolute atomic E-state index is 0.136. The fraction of sp³-hybridized carbons (Fsp3) is 0.200. The summed E-state index contributed by atoms with van der Waals surface area (Å²) >= 11 is 3.42. The smallest absolute Gasteiger partial charge is 0.251 e. The lowest BCUT2D eigenvalue weighted by Crippen LogP contribution is -2.29. The molecule has 0 aliphatic carbocycles. The summed E-state index contributed by atoms with van der Waals surface area (Å²) in [6.45, 7) is 5.13. The number of fused-ring (bicyclic) bond motifs is 1. The van der Waals surface area contributed by atoms with Gasteiger partial charge in [0.15, 0.2) is 0 Å². The molecule has 0 radical (unpaired) electrons. The second-order valence-electron chi connectivity index (χ2n) is 7.48. The minimum Gasteiger partial charge on any atom is -0.492 e. The summed E-state index contributed by atoms with van der Waals surface area (Å²) in [5.74, 6) is 1.52. The number of carbonyl (C=O) groups is 1. The molecule has 1 unspecified atom stereocenters. The Morgan fingerprint density at radius 2 is 1.90 bits per heavy atom. The zero-order valence-corrected chi connectivity index (χ0v) is 19.1.